The molecule has 0 N–H and O–H groups in total. The Morgan fingerprint density at radius 3 is 1.62 bits per heavy atom. The Labute approximate surface area is 154 Å². The second-order valence-electron chi connectivity index (χ2n) is 6.04. The van der Waals surface area contributed by atoms with Crippen molar-refractivity contribution in [3.05, 3.63) is 119 Å². The molecule has 0 atom stereocenters. The molecule has 0 aromatic heterocycles. The fraction of sp³-hybridized carbons (Fsp3) is 0.0417. The summed E-state index contributed by atoms with van der Waals surface area (Å²) in [7, 11) is 0. The van der Waals surface area contributed by atoms with E-state index < -0.39 is 0 Å². The number of nitrogens with zero attached hydrogens (tertiary/aromatic N) is 1. The molecule has 0 saturated heterocycles. The Morgan fingerprint density at radius 2 is 1.15 bits per heavy atom. The number of rotatable bonds is 5. The third-order valence-electron chi connectivity index (χ3n) is 4.00. The van der Waals surface area contributed by atoms with Gasteiger partial charge in [0.05, 0.1) is 0 Å². The molecule has 0 fully saturated rings. The lowest BCUT2D eigenvalue weighted by Crippen LogP contribution is -2.06. The average Bonchev–Trinajstić information content (AvgIpc) is 2.70. The Bertz CT molecular complexity index is 869. The summed E-state index contributed by atoms with van der Waals surface area (Å²) in [6.45, 7) is 2.01. The van der Waals surface area contributed by atoms with Gasteiger partial charge >= 0.3 is 0 Å². The van der Waals surface area contributed by atoms with Crippen molar-refractivity contribution in [3.8, 4) is 0 Å². The van der Waals surface area contributed by atoms with Crippen LogP contribution in [0.2, 0.25) is 0 Å². The van der Waals surface area contributed by atoms with Gasteiger partial charge in [-0.2, -0.15) is 4.74 Å². The molecule has 128 valence electrons. The number of allylic oxidation sites excluding steroid dienone is 2. The lowest BCUT2D eigenvalue weighted by molar-refractivity contribution is -0.358. The van der Waals surface area contributed by atoms with Crippen molar-refractivity contribution in [2.45, 2.75) is 6.92 Å². The van der Waals surface area contributed by atoms with E-state index in [9.17, 15) is 5.21 Å². The van der Waals surface area contributed by atoms with Crippen molar-refractivity contribution in [3.63, 3.8) is 0 Å². The van der Waals surface area contributed by atoms with Gasteiger partial charge in [0.2, 0.25) is 11.4 Å². The van der Waals surface area contributed by atoms with Crippen LogP contribution < -0.4 is 0 Å². The molecule has 0 radical (unpaired) electrons. The van der Waals surface area contributed by atoms with Crippen molar-refractivity contribution in [2.75, 3.05) is 0 Å². The Kier molecular flexibility index (Phi) is 5.79. The van der Waals surface area contributed by atoms with E-state index in [1.165, 1.54) is 0 Å². The first-order chi connectivity index (χ1) is 12.7. The summed E-state index contributed by atoms with van der Waals surface area (Å²) in [6, 6.07) is 27.5. The van der Waals surface area contributed by atoms with E-state index in [1.54, 1.807) is 0 Å². The van der Waals surface area contributed by atoms with Crippen LogP contribution in [-0.4, -0.2) is 10.5 Å². The number of benzene rings is 3. The lowest BCUT2D eigenvalue weighted by atomic mass is 10.1. The van der Waals surface area contributed by atoms with Gasteiger partial charge in [0, 0.05) is 24.3 Å². The number of aryl methyl sites for hydroxylation is 1. The van der Waals surface area contributed by atoms with E-state index in [-0.39, 0.29) is 0 Å². The van der Waals surface area contributed by atoms with E-state index in [4.69, 9.17) is 0 Å². The fourth-order valence-corrected chi connectivity index (χ4v) is 2.51. The smallest absolute Gasteiger partial charge is 0.217 e. The largest absolute Gasteiger partial charge is 0.618 e. The molecular weight excluding hydrogens is 318 g/mol. The third kappa shape index (κ3) is 4.81. The Hall–Kier alpha value is -3.39. The molecule has 2 heteroatoms. The maximum atomic E-state index is 12.9. The van der Waals surface area contributed by atoms with Gasteiger partial charge in [-0.1, -0.05) is 78.4 Å². The van der Waals surface area contributed by atoms with E-state index in [1.807, 2.05) is 116 Å². The van der Waals surface area contributed by atoms with Crippen LogP contribution in [0, 0.1) is 12.1 Å². The first kappa shape index (κ1) is 17.4. The van der Waals surface area contributed by atoms with Gasteiger partial charge in [-0.15, -0.1) is 0 Å². The molecule has 26 heavy (non-hydrogen) atoms. The van der Waals surface area contributed by atoms with Gasteiger partial charge < -0.3 is 5.21 Å². The highest BCUT2D eigenvalue weighted by Gasteiger charge is 2.06. The summed E-state index contributed by atoms with van der Waals surface area (Å²) < 4.78 is 0.957. The second-order valence-corrected chi connectivity index (χ2v) is 6.04. The zero-order valence-corrected chi connectivity index (χ0v) is 14.7. The molecular formula is C24H21NO. The van der Waals surface area contributed by atoms with Gasteiger partial charge in [-0.05, 0) is 30.2 Å². The molecule has 0 aliphatic heterocycles. The highest BCUT2D eigenvalue weighted by atomic mass is 16.5. The molecule has 0 aliphatic rings. The molecule has 2 nitrogen and oxygen atoms in total. The summed E-state index contributed by atoms with van der Waals surface area (Å²) >= 11 is 0. The summed E-state index contributed by atoms with van der Waals surface area (Å²) in [5.41, 5.74) is 4.41. The highest BCUT2D eigenvalue weighted by Crippen LogP contribution is 2.14. The number of hydrogen-bond acceptors (Lipinski definition) is 1. The van der Waals surface area contributed by atoms with Crippen molar-refractivity contribution in [2.24, 2.45) is 0 Å². The zero-order chi connectivity index (χ0) is 18.2. The van der Waals surface area contributed by atoms with E-state index >= 15 is 0 Å². The van der Waals surface area contributed by atoms with Crippen LogP contribution in [0.4, 0.5) is 5.69 Å². The molecule has 0 spiro atoms. The molecule has 0 saturated carbocycles. The van der Waals surface area contributed by atoms with Crippen molar-refractivity contribution >= 4 is 23.6 Å². The van der Waals surface area contributed by atoms with Gasteiger partial charge in [0.25, 0.3) is 0 Å². The Morgan fingerprint density at radius 1 is 0.692 bits per heavy atom. The summed E-state index contributed by atoms with van der Waals surface area (Å²) in [5, 5.41) is 12.9. The van der Waals surface area contributed by atoms with Crippen LogP contribution >= 0.6 is 0 Å². The first-order valence-electron chi connectivity index (χ1n) is 8.59. The van der Waals surface area contributed by atoms with E-state index in [0.29, 0.717) is 11.4 Å². The maximum Gasteiger partial charge on any atom is 0.217 e. The minimum absolute atomic E-state index is 0.571. The van der Waals surface area contributed by atoms with Crippen molar-refractivity contribution < 1.29 is 4.74 Å². The zero-order valence-electron chi connectivity index (χ0n) is 14.7. The highest BCUT2D eigenvalue weighted by molar-refractivity contribution is 6.05. The van der Waals surface area contributed by atoms with E-state index in [2.05, 4.69) is 0 Å². The predicted molar refractivity (Wildman–Crippen MR) is 110 cm³/mol. The minimum Gasteiger partial charge on any atom is -0.618 e. The van der Waals surface area contributed by atoms with Gasteiger partial charge in [0.15, 0.2) is 0 Å². The quantitative estimate of drug-likeness (QED) is 0.242. The first-order valence-corrected chi connectivity index (χ1v) is 8.59. The summed E-state index contributed by atoms with van der Waals surface area (Å²) in [5.74, 6) is 0. The van der Waals surface area contributed by atoms with Gasteiger partial charge in [-0.25, -0.2) is 0 Å². The molecule has 0 bridgehead atoms. The second kappa shape index (κ2) is 8.63. The topological polar surface area (TPSA) is 26.1 Å². The SMILES string of the molecule is Cc1ccc([N+]([O-])=C(/C=C/c2ccccc2)/C=C/c2ccccc2)cc1. The molecule has 3 aromatic rings. The van der Waals surface area contributed by atoms with Crippen LogP contribution in [-0.2, 0) is 0 Å². The van der Waals surface area contributed by atoms with Crippen LogP contribution in [0.25, 0.3) is 12.2 Å². The predicted octanol–water partition coefficient (Wildman–Crippen LogP) is 6.00. The van der Waals surface area contributed by atoms with Crippen molar-refractivity contribution in [1.29, 1.82) is 0 Å². The molecule has 0 amide bonds. The third-order valence-corrected chi connectivity index (χ3v) is 4.00. The number of hydrogen-bond donors (Lipinski definition) is 0. The summed E-state index contributed by atoms with van der Waals surface area (Å²) in [4.78, 5) is 0. The maximum absolute atomic E-state index is 12.9. The van der Waals surface area contributed by atoms with Crippen LogP contribution in [0.15, 0.2) is 97.1 Å². The summed E-state index contributed by atoms with van der Waals surface area (Å²) in [6.07, 6.45) is 7.59. The monoisotopic (exact) mass is 339 g/mol. The molecule has 3 aromatic carbocycles. The minimum atomic E-state index is 0.571. The fourth-order valence-electron chi connectivity index (χ4n) is 2.51. The average molecular weight is 339 g/mol. The van der Waals surface area contributed by atoms with Crippen LogP contribution in [0.3, 0.4) is 0 Å². The van der Waals surface area contributed by atoms with Gasteiger partial charge in [-0.3, -0.25) is 0 Å². The standard InChI is InChI=1S/C24H21NO/c1-20-12-16-23(17-13-20)25(26)24(18-14-21-8-4-2-5-9-21)19-15-22-10-6-3-7-11-22/h2-19H,1H3/b18-14+,19-15+. The molecule has 0 heterocycles. The van der Waals surface area contributed by atoms with Crippen LogP contribution in [0.5, 0.6) is 0 Å². The molecule has 0 aliphatic carbocycles. The lowest BCUT2D eigenvalue weighted by Gasteiger charge is -2.06. The van der Waals surface area contributed by atoms with E-state index in [0.717, 1.165) is 21.4 Å². The molecule has 0 unspecified atom stereocenters. The van der Waals surface area contributed by atoms with Crippen LogP contribution in [0.1, 0.15) is 16.7 Å². The Balaban J connectivity index is 1.97. The molecule has 3 rings (SSSR count). The van der Waals surface area contributed by atoms with Crippen molar-refractivity contribution in [1.82, 2.24) is 0 Å². The van der Waals surface area contributed by atoms with Gasteiger partial charge in [0.1, 0.15) is 0 Å². The normalized spacial score (nSPS) is 11.1.